The molecule has 36 heavy (non-hydrogen) atoms. The molecule has 0 aliphatic heterocycles. The van der Waals surface area contributed by atoms with Gasteiger partial charge < -0.3 is 4.90 Å². The quantitative estimate of drug-likeness (QED) is 0.416. The van der Waals surface area contributed by atoms with Crippen LogP contribution in [-0.2, 0) is 10.0 Å². The molecule has 194 valence electrons. The van der Waals surface area contributed by atoms with Crippen LogP contribution in [0.4, 0.5) is 13.9 Å². The van der Waals surface area contributed by atoms with Crippen LogP contribution in [0, 0.1) is 11.6 Å². The third kappa shape index (κ3) is 5.59. The van der Waals surface area contributed by atoms with Gasteiger partial charge in [-0.05, 0) is 57.3 Å². The second kappa shape index (κ2) is 10.9. The van der Waals surface area contributed by atoms with E-state index in [9.17, 15) is 22.0 Å². The number of sulfonamides is 1. The van der Waals surface area contributed by atoms with Gasteiger partial charge in [0.25, 0.3) is 5.91 Å². The molecule has 1 aliphatic rings. The lowest BCUT2D eigenvalue weighted by Crippen LogP contribution is -2.38. The van der Waals surface area contributed by atoms with E-state index in [1.54, 1.807) is 7.05 Å². The molecular weight excluding hydrogens is 506 g/mol. The number of fused-ring (bicyclic) bond motifs is 1. The molecule has 0 unspecified atom stereocenters. The molecule has 4 rings (SSSR count). The Bertz CT molecular complexity index is 1340. The molecule has 0 bridgehead atoms. The molecule has 0 N–H and O–H groups in total. The lowest BCUT2D eigenvalue weighted by Gasteiger charge is -2.30. The van der Waals surface area contributed by atoms with Crippen LogP contribution in [-0.4, -0.2) is 68.8 Å². The smallest absolute Gasteiger partial charge is 0.260 e. The zero-order valence-electron chi connectivity index (χ0n) is 20.6. The Labute approximate surface area is 214 Å². The van der Waals surface area contributed by atoms with Crippen LogP contribution in [0.5, 0.6) is 0 Å². The third-order valence-electron chi connectivity index (χ3n) is 6.52. The van der Waals surface area contributed by atoms with Crippen molar-refractivity contribution in [2.45, 2.75) is 43.0 Å². The Balaban J connectivity index is 1.61. The maximum atomic E-state index is 14.2. The van der Waals surface area contributed by atoms with Gasteiger partial charge in [0.05, 0.1) is 9.60 Å². The molecule has 0 atom stereocenters. The molecule has 0 radical (unpaired) electrons. The van der Waals surface area contributed by atoms with E-state index < -0.39 is 27.6 Å². The number of rotatable bonds is 8. The van der Waals surface area contributed by atoms with Crippen molar-refractivity contribution in [2.75, 3.05) is 39.1 Å². The van der Waals surface area contributed by atoms with Crippen molar-refractivity contribution < 1.29 is 22.0 Å². The average molecular weight is 537 g/mol. The molecule has 0 spiro atoms. The molecule has 11 heteroatoms. The summed E-state index contributed by atoms with van der Waals surface area (Å²) in [6, 6.07) is 7.80. The van der Waals surface area contributed by atoms with Gasteiger partial charge in [0.2, 0.25) is 10.0 Å². The summed E-state index contributed by atoms with van der Waals surface area (Å²) in [5.41, 5.74) is 0.283. The number of carbonyl (C=O) groups is 1. The SMILES string of the molecule is CN(C)CCN(C(=O)c1ccc(S(=O)(=O)N(C)C2CCCCC2)cc1)c1nc2c(F)cc(F)cc2s1. The molecular formula is C25H30F2N4O3S2. The maximum Gasteiger partial charge on any atom is 0.260 e. The van der Waals surface area contributed by atoms with Crippen LogP contribution in [0.25, 0.3) is 10.2 Å². The highest BCUT2D eigenvalue weighted by Gasteiger charge is 2.29. The second-order valence-electron chi connectivity index (χ2n) is 9.33. The summed E-state index contributed by atoms with van der Waals surface area (Å²) in [6.07, 6.45) is 4.85. The average Bonchev–Trinajstić information content (AvgIpc) is 3.28. The first-order valence-corrected chi connectivity index (χ1v) is 14.1. The van der Waals surface area contributed by atoms with Gasteiger partial charge in [-0.15, -0.1) is 0 Å². The van der Waals surface area contributed by atoms with Crippen molar-refractivity contribution in [3.8, 4) is 0 Å². The van der Waals surface area contributed by atoms with E-state index in [2.05, 4.69) is 4.98 Å². The summed E-state index contributed by atoms with van der Waals surface area (Å²) in [5, 5.41) is 0.245. The van der Waals surface area contributed by atoms with Crippen LogP contribution < -0.4 is 4.90 Å². The Kier molecular flexibility index (Phi) is 8.03. The van der Waals surface area contributed by atoms with Crippen LogP contribution in [0.2, 0.25) is 0 Å². The number of halogens is 2. The summed E-state index contributed by atoms with van der Waals surface area (Å²) in [6.45, 7) is 0.775. The Morgan fingerprint density at radius 3 is 2.33 bits per heavy atom. The van der Waals surface area contributed by atoms with E-state index in [4.69, 9.17) is 0 Å². The van der Waals surface area contributed by atoms with Crippen molar-refractivity contribution in [3.05, 3.63) is 53.6 Å². The maximum absolute atomic E-state index is 14.2. The number of anilines is 1. The van der Waals surface area contributed by atoms with Crippen molar-refractivity contribution in [1.29, 1.82) is 0 Å². The number of amides is 1. The predicted molar refractivity (Wildman–Crippen MR) is 138 cm³/mol. The molecule has 7 nitrogen and oxygen atoms in total. The summed E-state index contributed by atoms with van der Waals surface area (Å²) >= 11 is 1.03. The zero-order valence-corrected chi connectivity index (χ0v) is 22.2. The third-order valence-corrected chi connectivity index (χ3v) is 9.47. The zero-order chi connectivity index (χ0) is 26.0. The number of hydrogen-bond donors (Lipinski definition) is 0. The van der Waals surface area contributed by atoms with E-state index in [0.29, 0.717) is 11.2 Å². The first kappa shape index (κ1) is 26.6. The molecule has 1 aromatic heterocycles. The van der Waals surface area contributed by atoms with Gasteiger partial charge in [-0.1, -0.05) is 30.6 Å². The van der Waals surface area contributed by atoms with E-state index in [1.807, 2.05) is 19.0 Å². The highest BCUT2D eigenvalue weighted by Crippen LogP contribution is 2.32. The van der Waals surface area contributed by atoms with Gasteiger partial charge in [-0.2, -0.15) is 4.31 Å². The number of nitrogens with zero attached hydrogens (tertiary/aromatic N) is 4. The number of likely N-dealkylation sites (N-methyl/N-ethyl adjacent to an activating group) is 1. The highest BCUT2D eigenvalue weighted by molar-refractivity contribution is 7.89. The monoisotopic (exact) mass is 536 g/mol. The Morgan fingerprint density at radius 2 is 1.69 bits per heavy atom. The second-order valence-corrected chi connectivity index (χ2v) is 12.3. The van der Waals surface area contributed by atoms with Gasteiger partial charge in [0, 0.05) is 37.8 Å². The first-order chi connectivity index (χ1) is 17.1. The van der Waals surface area contributed by atoms with Crippen LogP contribution in [0.1, 0.15) is 42.5 Å². The Morgan fingerprint density at radius 1 is 1.03 bits per heavy atom. The lowest BCUT2D eigenvalue weighted by molar-refractivity contribution is 0.0985. The number of aromatic nitrogens is 1. The highest BCUT2D eigenvalue weighted by atomic mass is 32.2. The molecule has 1 aliphatic carbocycles. The summed E-state index contributed by atoms with van der Waals surface area (Å²) in [4.78, 5) is 21.2. The van der Waals surface area contributed by atoms with Crippen LogP contribution in [0.3, 0.4) is 0 Å². The fraction of sp³-hybridized carbons (Fsp3) is 0.440. The van der Waals surface area contributed by atoms with Crippen molar-refractivity contribution >= 4 is 42.6 Å². The molecule has 1 amide bonds. The summed E-state index contributed by atoms with van der Waals surface area (Å²) < 4.78 is 56.0. The van der Waals surface area contributed by atoms with Gasteiger partial charge >= 0.3 is 0 Å². The molecule has 1 saturated carbocycles. The van der Waals surface area contributed by atoms with Crippen LogP contribution >= 0.6 is 11.3 Å². The minimum absolute atomic E-state index is 0.00578. The van der Waals surface area contributed by atoms with Gasteiger partial charge in [-0.3, -0.25) is 9.69 Å². The predicted octanol–water partition coefficient (Wildman–Crippen LogP) is 4.74. The minimum Gasteiger partial charge on any atom is -0.308 e. The number of hydrogen-bond acceptors (Lipinski definition) is 6. The minimum atomic E-state index is -3.69. The number of benzene rings is 2. The molecule has 1 heterocycles. The van der Waals surface area contributed by atoms with E-state index in [-0.39, 0.29) is 33.7 Å². The summed E-state index contributed by atoms with van der Waals surface area (Å²) in [7, 11) is 1.65. The largest absolute Gasteiger partial charge is 0.308 e. The number of carbonyl (C=O) groups excluding carboxylic acids is 1. The first-order valence-electron chi connectivity index (χ1n) is 11.9. The van der Waals surface area contributed by atoms with Gasteiger partial charge in [-0.25, -0.2) is 22.2 Å². The molecule has 2 aromatic carbocycles. The lowest BCUT2D eigenvalue weighted by atomic mass is 9.96. The van der Waals surface area contributed by atoms with Crippen molar-refractivity contribution in [2.24, 2.45) is 0 Å². The molecule has 3 aromatic rings. The fourth-order valence-corrected chi connectivity index (χ4v) is 6.82. The standard InChI is InChI=1S/C25H30F2N4O3S2/c1-29(2)13-14-31(25-28-23-21(27)15-18(26)16-22(23)35-25)24(32)17-9-11-20(12-10-17)36(33,34)30(3)19-7-5-4-6-8-19/h9-12,15-16,19H,4-8,13-14H2,1-3H3. The topological polar surface area (TPSA) is 73.8 Å². The molecule has 1 fully saturated rings. The van der Waals surface area contributed by atoms with E-state index in [1.165, 1.54) is 39.5 Å². The van der Waals surface area contributed by atoms with Crippen molar-refractivity contribution in [3.63, 3.8) is 0 Å². The van der Waals surface area contributed by atoms with Gasteiger partial charge in [0.1, 0.15) is 11.3 Å². The normalized spacial score (nSPS) is 15.2. The van der Waals surface area contributed by atoms with E-state index in [0.717, 1.165) is 49.5 Å². The number of thiazole rings is 1. The van der Waals surface area contributed by atoms with Crippen molar-refractivity contribution in [1.82, 2.24) is 14.2 Å². The van der Waals surface area contributed by atoms with Gasteiger partial charge in [0.15, 0.2) is 10.9 Å². The summed E-state index contributed by atoms with van der Waals surface area (Å²) in [5.74, 6) is -1.90. The van der Waals surface area contributed by atoms with Crippen LogP contribution in [0.15, 0.2) is 41.3 Å². The van der Waals surface area contributed by atoms with E-state index >= 15 is 0 Å². The Hall–Kier alpha value is -2.47. The fourth-order valence-electron chi connectivity index (χ4n) is 4.38. The molecule has 0 saturated heterocycles.